The fourth-order valence-electron chi connectivity index (χ4n) is 1.91. The summed E-state index contributed by atoms with van der Waals surface area (Å²) >= 11 is 1.87. The minimum atomic E-state index is 0.198. The fraction of sp³-hybridized carbons (Fsp3) is 0.867. The molecule has 0 aliphatic heterocycles. The number of carbonyl (C=O) groups is 1. The lowest BCUT2D eigenvalue weighted by molar-refractivity contribution is -0.130. The number of hydrogen-bond donors (Lipinski definition) is 2. The number of carbonyl (C=O) groups excluding carboxylic acids is 1. The number of unbranched alkanes of at least 4 members (excludes halogenated alkanes) is 1. The van der Waals surface area contributed by atoms with Crippen LogP contribution in [0.1, 0.15) is 40.0 Å². The number of thioether (sulfide) groups is 1. The van der Waals surface area contributed by atoms with Crippen LogP contribution in [0.2, 0.25) is 0 Å². The summed E-state index contributed by atoms with van der Waals surface area (Å²) in [5.41, 5.74) is 0. The quantitative estimate of drug-likeness (QED) is 0.347. The maximum absolute atomic E-state index is 11.9. The Morgan fingerprint density at radius 3 is 2.43 bits per heavy atom. The molecule has 21 heavy (non-hydrogen) atoms. The van der Waals surface area contributed by atoms with Crippen molar-refractivity contribution in [1.82, 2.24) is 15.5 Å². The average Bonchev–Trinajstić information content (AvgIpc) is 2.48. The molecule has 5 nitrogen and oxygen atoms in total. The van der Waals surface area contributed by atoms with Crippen LogP contribution >= 0.6 is 11.8 Å². The van der Waals surface area contributed by atoms with Gasteiger partial charge in [0, 0.05) is 39.1 Å². The van der Waals surface area contributed by atoms with Gasteiger partial charge in [-0.1, -0.05) is 0 Å². The molecule has 6 heteroatoms. The molecule has 0 heterocycles. The van der Waals surface area contributed by atoms with Gasteiger partial charge in [-0.3, -0.25) is 9.79 Å². The Labute approximate surface area is 134 Å². The molecule has 0 aliphatic carbocycles. The van der Waals surface area contributed by atoms with Gasteiger partial charge in [0.15, 0.2) is 5.96 Å². The predicted molar refractivity (Wildman–Crippen MR) is 94.1 cm³/mol. The molecule has 0 unspecified atom stereocenters. The zero-order valence-electron chi connectivity index (χ0n) is 14.1. The number of aliphatic imine (C=N–C) groups is 1. The van der Waals surface area contributed by atoms with Crippen molar-refractivity contribution in [1.29, 1.82) is 0 Å². The van der Waals surface area contributed by atoms with Gasteiger partial charge in [-0.05, 0) is 45.6 Å². The van der Waals surface area contributed by atoms with E-state index in [1.807, 2.05) is 37.4 Å². The van der Waals surface area contributed by atoms with Crippen LogP contribution in [0.3, 0.4) is 0 Å². The zero-order valence-corrected chi connectivity index (χ0v) is 14.9. The highest BCUT2D eigenvalue weighted by Crippen LogP contribution is 1.99. The van der Waals surface area contributed by atoms with Crippen LogP contribution in [-0.2, 0) is 4.79 Å². The SMILES string of the molecule is CCNC(=NCCCCSC)NCCC(=O)N(CC)CC. The number of rotatable bonds is 11. The lowest BCUT2D eigenvalue weighted by Gasteiger charge is -2.19. The third-order valence-electron chi connectivity index (χ3n) is 3.12. The van der Waals surface area contributed by atoms with E-state index in [4.69, 9.17) is 0 Å². The van der Waals surface area contributed by atoms with E-state index in [1.54, 1.807) is 0 Å². The second-order valence-electron chi connectivity index (χ2n) is 4.70. The van der Waals surface area contributed by atoms with E-state index in [9.17, 15) is 4.79 Å². The van der Waals surface area contributed by atoms with Crippen LogP contribution in [0, 0.1) is 0 Å². The van der Waals surface area contributed by atoms with Crippen LogP contribution in [-0.4, -0.2) is 61.5 Å². The largest absolute Gasteiger partial charge is 0.357 e. The zero-order chi connectivity index (χ0) is 15.9. The molecule has 0 bridgehead atoms. The molecule has 0 aromatic carbocycles. The molecule has 0 aromatic heterocycles. The summed E-state index contributed by atoms with van der Waals surface area (Å²) < 4.78 is 0. The molecule has 0 aromatic rings. The van der Waals surface area contributed by atoms with E-state index in [1.165, 1.54) is 12.2 Å². The first-order chi connectivity index (χ1) is 10.2. The van der Waals surface area contributed by atoms with Gasteiger partial charge in [0.25, 0.3) is 0 Å². The normalized spacial score (nSPS) is 11.3. The maximum atomic E-state index is 11.9. The summed E-state index contributed by atoms with van der Waals surface area (Å²) in [6.45, 7) is 9.92. The van der Waals surface area contributed by atoms with Crippen LogP contribution in [0.15, 0.2) is 4.99 Å². The van der Waals surface area contributed by atoms with Gasteiger partial charge in [-0.25, -0.2) is 0 Å². The highest BCUT2D eigenvalue weighted by atomic mass is 32.2. The Morgan fingerprint density at radius 2 is 1.86 bits per heavy atom. The van der Waals surface area contributed by atoms with Crippen molar-refractivity contribution in [3.05, 3.63) is 0 Å². The van der Waals surface area contributed by atoms with Crippen LogP contribution < -0.4 is 10.6 Å². The molecule has 0 saturated carbocycles. The summed E-state index contributed by atoms with van der Waals surface area (Å²) in [7, 11) is 0. The van der Waals surface area contributed by atoms with Crippen LogP contribution in [0.4, 0.5) is 0 Å². The molecule has 1 amide bonds. The first kappa shape index (κ1) is 20.1. The third kappa shape index (κ3) is 10.5. The standard InChI is InChI=1S/C15H32N4OS/c1-5-16-15(17-11-8-9-13-21-4)18-12-10-14(20)19(6-2)7-3/h5-13H2,1-4H3,(H2,16,17,18). The molecule has 0 fully saturated rings. The van der Waals surface area contributed by atoms with Gasteiger partial charge in [-0.2, -0.15) is 11.8 Å². The Bertz CT molecular complexity index is 293. The molecule has 0 radical (unpaired) electrons. The third-order valence-corrected chi connectivity index (χ3v) is 3.82. The minimum absolute atomic E-state index is 0.198. The number of hydrogen-bond acceptors (Lipinski definition) is 3. The van der Waals surface area contributed by atoms with E-state index >= 15 is 0 Å². The number of guanidine groups is 1. The van der Waals surface area contributed by atoms with Crippen LogP contribution in [0.25, 0.3) is 0 Å². The van der Waals surface area contributed by atoms with E-state index in [0.717, 1.165) is 38.6 Å². The van der Waals surface area contributed by atoms with E-state index in [-0.39, 0.29) is 5.91 Å². The van der Waals surface area contributed by atoms with Gasteiger partial charge in [0.1, 0.15) is 0 Å². The first-order valence-corrected chi connectivity index (χ1v) is 9.37. The van der Waals surface area contributed by atoms with Crippen molar-refractivity contribution in [3.63, 3.8) is 0 Å². The van der Waals surface area contributed by atoms with Crippen molar-refractivity contribution in [2.75, 3.05) is 44.7 Å². The smallest absolute Gasteiger partial charge is 0.224 e. The monoisotopic (exact) mass is 316 g/mol. The number of amides is 1. The van der Waals surface area contributed by atoms with Gasteiger partial charge in [0.2, 0.25) is 5.91 Å². The summed E-state index contributed by atoms with van der Waals surface area (Å²) in [4.78, 5) is 18.3. The van der Waals surface area contributed by atoms with Gasteiger partial charge < -0.3 is 15.5 Å². The Hall–Kier alpha value is -0.910. The molecule has 2 N–H and O–H groups in total. The molecule has 0 atom stereocenters. The number of nitrogens with zero attached hydrogens (tertiary/aromatic N) is 2. The summed E-state index contributed by atoms with van der Waals surface area (Å²) in [5, 5.41) is 6.44. The predicted octanol–water partition coefficient (Wildman–Crippen LogP) is 1.94. The van der Waals surface area contributed by atoms with Crippen molar-refractivity contribution in [2.45, 2.75) is 40.0 Å². The molecule has 0 rings (SSSR count). The molecule has 0 aliphatic rings. The Morgan fingerprint density at radius 1 is 1.14 bits per heavy atom. The van der Waals surface area contributed by atoms with Crippen molar-refractivity contribution >= 4 is 23.6 Å². The summed E-state index contributed by atoms with van der Waals surface area (Å²) in [6, 6.07) is 0. The van der Waals surface area contributed by atoms with Crippen molar-refractivity contribution in [2.24, 2.45) is 4.99 Å². The molecule has 124 valence electrons. The van der Waals surface area contributed by atoms with Crippen molar-refractivity contribution in [3.8, 4) is 0 Å². The highest BCUT2D eigenvalue weighted by molar-refractivity contribution is 7.98. The summed E-state index contributed by atoms with van der Waals surface area (Å²) in [5.74, 6) is 2.20. The molecular weight excluding hydrogens is 284 g/mol. The maximum Gasteiger partial charge on any atom is 0.224 e. The van der Waals surface area contributed by atoms with E-state index in [0.29, 0.717) is 13.0 Å². The minimum Gasteiger partial charge on any atom is -0.357 e. The number of nitrogens with one attached hydrogen (secondary N) is 2. The average molecular weight is 317 g/mol. The first-order valence-electron chi connectivity index (χ1n) is 7.98. The van der Waals surface area contributed by atoms with E-state index in [2.05, 4.69) is 21.9 Å². The Kier molecular flexibility index (Phi) is 13.4. The topological polar surface area (TPSA) is 56.7 Å². The summed E-state index contributed by atoms with van der Waals surface area (Å²) in [6.07, 6.45) is 4.95. The van der Waals surface area contributed by atoms with Gasteiger partial charge >= 0.3 is 0 Å². The van der Waals surface area contributed by atoms with E-state index < -0.39 is 0 Å². The van der Waals surface area contributed by atoms with Gasteiger partial charge in [-0.15, -0.1) is 0 Å². The van der Waals surface area contributed by atoms with Gasteiger partial charge in [0.05, 0.1) is 0 Å². The molecule has 0 saturated heterocycles. The fourth-order valence-corrected chi connectivity index (χ4v) is 2.41. The molecular formula is C15H32N4OS. The second-order valence-corrected chi connectivity index (χ2v) is 5.69. The molecule has 0 spiro atoms. The highest BCUT2D eigenvalue weighted by Gasteiger charge is 2.08. The Balaban J connectivity index is 4.02. The van der Waals surface area contributed by atoms with Crippen LogP contribution in [0.5, 0.6) is 0 Å². The van der Waals surface area contributed by atoms with Crippen molar-refractivity contribution < 1.29 is 4.79 Å². The second kappa shape index (κ2) is 14.0. The lowest BCUT2D eigenvalue weighted by Crippen LogP contribution is -2.40. The lowest BCUT2D eigenvalue weighted by atomic mass is 10.3.